The van der Waals surface area contributed by atoms with Gasteiger partial charge in [-0.3, -0.25) is 9.67 Å². The monoisotopic (exact) mass is 302 g/mol. The van der Waals surface area contributed by atoms with Gasteiger partial charge in [-0.25, -0.2) is 0 Å². The van der Waals surface area contributed by atoms with E-state index >= 15 is 0 Å². The summed E-state index contributed by atoms with van der Waals surface area (Å²) in [5, 5.41) is 7.41. The van der Waals surface area contributed by atoms with Crippen molar-refractivity contribution < 1.29 is 0 Å². The molecule has 0 radical (unpaired) electrons. The molecule has 4 nitrogen and oxygen atoms in total. The van der Waals surface area contributed by atoms with E-state index in [1.54, 1.807) is 0 Å². The number of nitrogens with zero attached hydrogens (tertiary/aromatic N) is 3. The summed E-state index contributed by atoms with van der Waals surface area (Å²) in [6, 6.07) is 10.3. The zero-order chi connectivity index (χ0) is 14.9. The van der Waals surface area contributed by atoms with Crippen molar-refractivity contribution in [1.82, 2.24) is 19.7 Å². The first-order valence-corrected chi connectivity index (χ1v) is 7.91. The lowest BCUT2D eigenvalue weighted by Gasteiger charge is -2.36. The Bertz CT molecular complexity index is 650. The standard InChI is InChI=1S/C16H22N4S/c1-19(2)16(10-6-7-11-16)12-20-14(17-18-15(20)21)13-8-4-3-5-9-13/h3-5,8-9H,6-7,10-12H2,1-2H3,(H,18,21). The van der Waals surface area contributed by atoms with Gasteiger partial charge in [0, 0.05) is 17.6 Å². The maximum absolute atomic E-state index is 5.47. The molecular weight excluding hydrogens is 280 g/mol. The zero-order valence-corrected chi connectivity index (χ0v) is 13.5. The molecule has 5 heteroatoms. The van der Waals surface area contributed by atoms with Crippen molar-refractivity contribution in [2.75, 3.05) is 14.1 Å². The van der Waals surface area contributed by atoms with Crippen molar-refractivity contribution in [3.05, 3.63) is 35.1 Å². The highest BCUT2D eigenvalue weighted by Crippen LogP contribution is 2.36. The molecule has 1 aromatic heterocycles. The highest BCUT2D eigenvalue weighted by Gasteiger charge is 2.37. The number of nitrogens with one attached hydrogen (secondary N) is 1. The van der Waals surface area contributed by atoms with E-state index in [0.29, 0.717) is 4.77 Å². The summed E-state index contributed by atoms with van der Waals surface area (Å²) in [6.45, 7) is 0.902. The Morgan fingerprint density at radius 2 is 1.90 bits per heavy atom. The number of aromatic nitrogens is 3. The molecule has 0 amide bonds. The quantitative estimate of drug-likeness (QED) is 0.879. The first-order valence-electron chi connectivity index (χ1n) is 7.50. The van der Waals surface area contributed by atoms with Gasteiger partial charge >= 0.3 is 0 Å². The van der Waals surface area contributed by atoms with Crippen LogP contribution in [0.1, 0.15) is 25.7 Å². The minimum atomic E-state index is 0.200. The Balaban J connectivity index is 2.00. The van der Waals surface area contributed by atoms with Crippen LogP contribution in [0.15, 0.2) is 30.3 Å². The topological polar surface area (TPSA) is 36.9 Å². The molecule has 1 heterocycles. The largest absolute Gasteiger partial charge is 0.302 e. The molecular formula is C16H22N4S. The number of H-pyrrole nitrogens is 1. The molecule has 1 aliphatic rings. The summed E-state index contributed by atoms with van der Waals surface area (Å²) in [5.41, 5.74) is 1.31. The third-order valence-electron chi connectivity index (χ3n) is 4.73. The molecule has 21 heavy (non-hydrogen) atoms. The van der Waals surface area contributed by atoms with Crippen molar-refractivity contribution in [2.24, 2.45) is 0 Å². The van der Waals surface area contributed by atoms with E-state index in [0.717, 1.165) is 17.9 Å². The van der Waals surface area contributed by atoms with Gasteiger partial charge in [0.25, 0.3) is 0 Å². The lowest BCUT2D eigenvalue weighted by molar-refractivity contribution is 0.134. The van der Waals surface area contributed by atoms with Crippen molar-refractivity contribution in [1.29, 1.82) is 0 Å². The van der Waals surface area contributed by atoms with E-state index < -0.39 is 0 Å². The Morgan fingerprint density at radius 1 is 1.24 bits per heavy atom. The highest BCUT2D eigenvalue weighted by molar-refractivity contribution is 7.71. The van der Waals surface area contributed by atoms with Crippen LogP contribution in [0.2, 0.25) is 0 Å². The fourth-order valence-corrected chi connectivity index (χ4v) is 3.54. The molecule has 2 aromatic rings. The van der Waals surface area contributed by atoms with Gasteiger partial charge in [0.05, 0.1) is 0 Å². The average Bonchev–Trinajstić information content (AvgIpc) is 3.10. The van der Waals surface area contributed by atoms with Gasteiger partial charge in [0.2, 0.25) is 0 Å². The molecule has 3 rings (SSSR count). The van der Waals surface area contributed by atoms with Gasteiger partial charge in [0.1, 0.15) is 0 Å². The fraction of sp³-hybridized carbons (Fsp3) is 0.500. The molecule has 0 bridgehead atoms. The molecule has 0 saturated heterocycles. The fourth-order valence-electron chi connectivity index (χ4n) is 3.35. The van der Waals surface area contributed by atoms with Crippen molar-refractivity contribution in [2.45, 2.75) is 37.8 Å². The van der Waals surface area contributed by atoms with Crippen molar-refractivity contribution in [3.63, 3.8) is 0 Å². The first-order chi connectivity index (χ1) is 10.1. The van der Waals surface area contributed by atoms with Crippen LogP contribution < -0.4 is 0 Å². The van der Waals surface area contributed by atoms with Crippen LogP contribution in [-0.2, 0) is 6.54 Å². The molecule has 1 N–H and O–H groups in total. The molecule has 1 saturated carbocycles. The van der Waals surface area contributed by atoms with E-state index in [1.807, 2.05) is 18.2 Å². The number of benzene rings is 1. The summed E-state index contributed by atoms with van der Waals surface area (Å²) in [4.78, 5) is 2.36. The number of aromatic amines is 1. The normalized spacial score (nSPS) is 17.5. The molecule has 0 unspecified atom stereocenters. The summed E-state index contributed by atoms with van der Waals surface area (Å²) < 4.78 is 2.87. The number of rotatable bonds is 4. The van der Waals surface area contributed by atoms with Gasteiger partial charge < -0.3 is 4.90 Å². The van der Waals surface area contributed by atoms with E-state index in [1.165, 1.54) is 25.7 Å². The van der Waals surface area contributed by atoms with Crippen LogP contribution in [0.4, 0.5) is 0 Å². The molecule has 112 valence electrons. The summed E-state index contributed by atoms with van der Waals surface area (Å²) in [7, 11) is 4.36. The van der Waals surface area contributed by atoms with Crippen molar-refractivity contribution in [3.8, 4) is 11.4 Å². The molecule has 1 aliphatic carbocycles. The number of hydrogen-bond donors (Lipinski definition) is 1. The van der Waals surface area contributed by atoms with Gasteiger partial charge in [-0.05, 0) is 39.2 Å². The summed E-state index contributed by atoms with van der Waals surface area (Å²) in [6.07, 6.45) is 5.04. The SMILES string of the molecule is CN(C)C1(Cn2c(-c3ccccc3)n[nH]c2=S)CCCC1. The van der Waals surface area contributed by atoms with Gasteiger partial charge in [-0.2, -0.15) is 5.10 Å². The van der Waals surface area contributed by atoms with E-state index in [-0.39, 0.29) is 5.54 Å². The predicted molar refractivity (Wildman–Crippen MR) is 87.7 cm³/mol. The van der Waals surface area contributed by atoms with Crippen LogP contribution >= 0.6 is 12.2 Å². The first kappa shape index (κ1) is 14.5. The van der Waals surface area contributed by atoms with Crippen LogP contribution in [0.5, 0.6) is 0 Å². The highest BCUT2D eigenvalue weighted by atomic mass is 32.1. The average molecular weight is 302 g/mol. The van der Waals surface area contributed by atoms with Crippen LogP contribution in [-0.4, -0.2) is 39.3 Å². The minimum Gasteiger partial charge on any atom is -0.302 e. The lowest BCUT2D eigenvalue weighted by atomic mass is 9.95. The Kier molecular flexibility index (Phi) is 3.95. The number of hydrogen-bond acceptors (Lipinski definition) is 3. The number of likely N-dealkylation sites (N-methyl/N-ethyl adjacent to an activating group) is 1. The van der Waals surface area contributed by atoms with Gasteiger partial charge in [0.15, 0.2) is 10.6 Å². The van der Waals surface area contributed by atoms with Crippen LogP contribution in [0, 0.1) is 4.77 Å². The maximum atomic E-state index is 5.47. The Labute approximate surface area is 130 Å². The summed E-state index contributed by atoms with van der Waals surface area (Å²) in [5.74, 6) is 0.939. The predicted octanol–water partition coefficient (Wildman–Crippen LogP) is 3.48. The lowest BCUT2D eigenvalue weighted by Crippen LogP contribution is -2.45. The third-order valence-corrected chi connectivity index (χ3v) is 5.04. The molecule has 1 fully saturated rings. The second-order valence-electron chi connectivity index (χ2n) is 6.13. The summed E-state index contributed by atoms with van der Waals surface area (Å²) >= 11 is 5.47. The Hall–Kier alpha value is -1.46. The molecule has 0 atom stereocenters. The zero-order valence-electron chi connectivity index (χ0n) is 12.7. The van der Waals surface area contributed by atoms with Crippen LogP contribution in [0.3, 0.4) is 0 Å². The van der Waals surface area contributed by atoms with E-state index in [9.17, 15) is 0 Å². The van der Waals surface area contributed by atoms with Crippen molar-refractivity contribution >= 4 is 12.2 Å². The van der Waals surface area contributed by atoms with Gasteiger partial charge in [-0.1, -0.05) is 43.2 Å². The smallest absolute Gasteiger partial charge is 0.195 e. The Morgan fingerprint density at radius 3 is 2.52 bits per heavy atom. The van der Waals surface area contributed by atoms with E-state index in [2.05, 4.69) is 45.9 Å². The third kappa shape index (κ3) is 2.68. The second kappa shape index (κ2) is 5.73. The van der Waals surface area contributed by atoms with Crippen LogP contribution in [0.25, 0.3) is 11.4 Å². The minimum absolute atomic E-state index is 0.200. The van der Waals surface area contributed by atoms with Gasteiger partial charge in [-0.15, -0.1) is 0 Å². The second-order valence-corrected chi connectivity index (χ2v) is 6.52. The molecule has 0 aliphatic heterocycles. The molecule has 0 spiro atoms. The van der Waals surface area contributed by atoms with E-state index in [4.69, 9.17) is 12.2 Å². The molecule has 1 aromatic carbocycles. The maximum Gasteiger partial charge on any atom is 0.195 e.